The van der Waals surface area contributed by atoms with E-state index in [2.05, 4.69) is 0 Å². The van der Waals surface area contributed by atoms with E-state index in [4.69, 9.17) is 19.2 Å². The number of methoxy groups -OCH3 is 3. The fourth-order valence-electron chi connectivity index (χ4n) is 3.40. The molecule has 0 fully saturated rings. The summed E-state index contributed by atoms with van der Waals surface area (Å²) in [5.41, 5.74) is 2.38. The number of carbonyl (C=O) groups excluding carboxylic acids is 2. The number of esters is 1. The van der Waals surface area contributed by atoms with Crippen LogP contribution in [0.1, 0.15) is 26.3 Å². The number of thiazole rings is 1. The first-order valence-electron chi connectivity index (χ1n) is 10.1. The van der Waals surface area contributed by atoms with E-state index in [-0.39, 0.29) is 5.91 Å². The molecule has 0 aliphatic heterocycles. The van der Waals surface area contributed by atoms with Crippen molar-refractivity contribution in [1.29, 1.82) is 0 Å². The van der Waals surface area contributed by atoms with Crippen LogP contribution in [-0.4, -0.2) is 38.2 Å². The lowest BCUT2D eigenvalue weighted by molar-refractivity contribution is 0.0600. The van der Waals surface area contributed by atoms with Crippen LogP contribution in [0.2, 0.25) is 0 Å². The number of carbonyl (C=O) groups is 2. The van der Waals surface area contributed by atoms with Gasteiger partial charge in [-0.15, -0.1) is 0 Å². The van der Waals surface area contributed by atoms with Gasteiger partial charge >= 0.3 is 5.97 Å². The molecule has 0 unspecified atom stereocenters. The number of hydrogen-bond acceptors (Lipinski definition) is 7. The van der Waals surface area contributed by atoms with E-state index in [9.17, 15) is 9.59 Å². The summed E-state index contributed by atoms with van der Waals surface area (Å²) in [6.45, 7) is 0.322. The normalized spacial score (nSPS) is 10.6. The Kier molecular flexibility index (Phi) is 6.55. The number of fused-ring (bicyclic) bond motifs is 1. The number of rotatable bonds is 7. The zero-order chi connectivity index (χ0) is 23.4. The van der Waals surface area contributed by atoms with Gasteiger partial charge in [-0.2, -0.15) is 0 Å². The van der Waals surface area contributed by atoms with Crippen molar-refractivity contribution in [2.45, 2.75) is 6.54 Å². The summed E-state index contributed by atoms with van der Waals surface area (Å²) < 4.78 is 16.5. The highest BCUT2D eigenvalue weighted by Gasteiger charge is 2.24. The molecule has 4 aromatic rings. The minimum absolute atomic E-state index is 0.243. The van der Waals surface area contributed by atoms with Gasteiger partial charge in [0.25, 0.3) is 5.91 Å². The Morgan fingerprint density at radius 3 is 2.12 bits per heavy atom. The summed E-state index contributed by atoms with van der Waals surface area (Å²) in [5, 5.41) is 0.513. The largest absolute Gasteiger partial charge is 0.495 e. The molecule has 0 N–H and O–H groups in total. The first-order valence-corrected chi connectivity index (χ1v) is 10.9. The summed E-state index contributed by atoms with van der Waals surface area (Å²) in [6.07, 6.45) is 0. The Balaban J connectivity index is 1.78. The lowest BCUT2D eigenvalue weighted by atomic mass is 10.1. The lowest BCUT2D eigenvalue weighted by Crippen LogP contribution is -2.30. The molecule has 0 atom stereocenters. The van der Waals surface area contributed by atoms with Gasteiger partial charge in [0.2, 0.25) is 0 Å². The highest BCUT2D eigenvalue weighted by atomic mass is 32.1. The average molecular weight is 463 g/mol. The third kappa shape index (κ3) is 4.51. The number of ether oxygens (including phenoxy) is 3. The molecule has 1 amide bonds. The van der Waals surface area contributed by atoms with Crippen molar-refractivity contribution in [3.63, 3.8) is 0 Å². The molecule has 0 saturated heterocycles. The summed E-state index contributed by atoms with van der Waals surface area (Å²) in [4.78, 5) is 31.7. The van der Waals surface area contributed by atoms with E-state index in [0.717, 1.165) is 10.3 Å². The second-order valence-electron chi connectivity index (χ2n) is 7.09. The van der Waals surface area contributed by atoms with Gasteiger partial charge in [-0.3, -0.25) is 9.69 Å². The molecule has 7 nitrogen and oxygen atoms in total. The second kappa shape index (κ2) is 9.70. The minimum atomic E-state index is -0.458. The van der Waals surface area contributed by atoms with Crippen LogP contribution in [0.5, 0.6) is 11.5 Å². The summed E-state index contributed by atoms with van der Waals surface area (Å²) in [7, 11) is 4.49. The number of amides is 1. The highest BCUT2D eigenvalue weighted by molar-refractivity contribution is 7.22. The maximum atomic E-state index is 13.6. The van der Waals surface area contributed by atoms with E-state index in [0.29, 0.717) is 39.8 Å². The number of nitrogens with zero attached hydrogens (tertiary/aromatic N) is 2. The number of aromatic nitrogens is 1. The molecule has 1 heterocycles. The first-order chi connectivity index (χ1) is 16.0. The highest BCUT2D eigenvalue weighted by Crippen LogP contribution is 2.40. The molecule has 8 heteroatoms. The van der Waals surface area contributed by atoms with E-state index in [1.165, 1.54) is 18.4 Å². The van der Waals surface area contributed by atoms with Crippen LogP contribution in [0.25, 0.3) is 10.2 Å². The second-order valence-corrected chi connectivity index (χ2v) is 8.07. The van der Waals surface area contributed by atoms with E-state index in [1.807, 2.05) is 36.4 Å². The van der Waals surface area contributed by atoms with Crippen LogP contribution in [0, 0.1) is 0 Å². The van der Waals surface area contributed by atoms with Crippen LogP contribution in [0.15, 0.2) is 66.7 Å². The van der Waals surface area contributed by atoms with Gasteiger partial charge in [0, 0.05) is 5.56 Å². The predicted octanol–water partition coefficient (Wildman–Crippen LogP) is 4.95. The van der Waals surface area contributed by atoms with Gasteiger partial charge in [-0.05, 0) is 42.0 Å². The Bertz CT molecular complexity index is 1240. The van der Waals surface area contributed by atoms with Crippen molar-refractivity contribution in [2.75, 3.05) is 26.2 Å². The monoisotopic (exact) mass is 462 g/mol. The van der Waals surface area contributed by atoms with Gasteiger partial charge in [0.15, 0.2) is 5.13 Å². The van der Waals surface area contributed by atoms with E-state index in [1.54, 1.807) is 49.5 Å². The van der Waals surface area contributed by atoms with Crippen LogP contribution in [0.3, 0.4) is 0 Å². The average Bonchev–Trinajstić information content (AvgIpc) is 3.32. The topological polar surface area (TPSA) is 78.0 Å². The molecule has 3 aromatic carbocycles. The predicted molar refractivity (Wildman–Crippen MR) is 127 cm³/mol. The van der Waals surface area contributed by atoms with Gasteiger partial charge in [0.05, 0.1) is 33.4 Å². The van der Waals surface area contributed by atoms with Crippen molar-refractivity contribution in [2.24, 2.45) is 0 Å². The van der Waals surface area contributed by atoms with Crippen molar-refractivity contribution in [1.82, 2.24) is 4.98 Å². The number of benzene rings is 3. The lowest BCUT2D eigenvalue weighted by Gasteiger charge is -2.20. The molecule has 1 aromatic heterocycles. The van der Waals surface area contributed by atoms with Gasteiger partial charge in [-0.25, -0.2) is 9.78 Å². The Hall–Kier alpha value is -3.91. The molecule has 33 heavy (non-hydrogen) atoms. The molecule has 0 bridgehead atoms. The molecular formula is C25H22N2O5S. The zero-order valence-corrected chi connectivity index (χ0v) is 19.2. The van der Waals surface area contributed by atoms with E-state index < -0.39 is 5.97 Å². The molecule has 168 valence electrons. The molecule has 0 radical (unpaired) electrons. The Labute approximate surface area is 195 Å². The van der Waals surface area contributed by atoms with Crippen LogP contribution in [-0.2, 0) is 11.3 Å². The van der Waals surface area contributed by atoms with Crippen molar-refractivity contribution in [3.05, 3.63) is 83.4 Å². The molecule has 0 aliphatic rings. The summed E-state index contributed by atoms with van der Waals surface area (Å²) >= 11 is 1.35. The van der Waals surface area contributed by atoms with Gasteiger partial charge in [-0.1, -0.05) is 41.7 Å². The molecule has 0 aliphatic carbocycles. The van der Waals surface area contributed by atoms with Crippen LogP contribution < -0.4 is 14.4 Å². The molecule has 0 spiro atoms. The van der Waals surface area contributed by atoms with Gasteiger partial charge < -0.3 is 14.2 Å². The molecular weight excluding hydrogens is 440 g/mol. The minimum Gasteiger partial charge on any atom is -0.495 e. The smallest absolute Gasteiger partial charge is 0.337 e. The van der Waals surface area contributed by atoms with Crippen molar-refractivity contribution < 1.29 is 23.8 Å². The fraction of sp³-hybridized carbons (Fsp3) is 0.160. The summed E-state index contributed by atoms with van der Waals surface area (Å²) in [5.74, 6) is 0.555. The fourth-order valence-corrected chi connectivity index (χ4v) is 4.48. The van der Waals surface area contributed by atoms with Crippen LogP contribution in [0.4, 0.5) is 5.13 Å². The van der Waals surface area contributed by atoms with E-state index >= 15 is 0 Å². The van der Waals surface area contributed by atoms with Crippen molar-refractivity contribution >= 4 is 38.6 Å². The number of anilines is 1. The Morgan fingerprint density at radius 1 is 0.848 bits per heavy atom. The molecule has 4 rings (SSSR count). The maximum absolute atomic E-state index is 13.6. The maximum Gasteiger partial charge on any atom is 0.337 e. The molecule has 0 saturated carbocycles. The SMILES string of the molecule is COC(=O)c1ccc(C(=O)N(Cc2ccccc2)c2nc3c(OC)ccc(OC)c3s2)cc1. The third-order valence-electron chi connectivity index (χ3n) is 5.11. The first kappa shape index (κ1) is 22.3. The standard InChI is InChI=1S/C25H22N2O5S/c1-30-19-13-14-20(31-2)22-21(19)26-25(33-22)27(15-16-7-5-4-6-8-16)23(28)17-9-11-18(12-10-17)24(29)32-3/h4-14H,15H2,1-3H3. The van der Waals surface area contributed by atoms with Gasteiger partial charge in [0.1, 0.15) is 21.7 Å². The van der Waals surface area contributed by atoms with Crippen LogP contribution >= 0.6 is 11.3 Å². The zero-order valence-electron chi connectivity index (χ0n) is 18.4. The number of hydrogen-bond donors (Lipinski definition) is 0. The van der Waals surface area contributed by atoms with Crippen molar-refractivity contribution in [3.8, 4) is 11.5 Å². The quantitative estimate of drug-likeness (QED) is 0.362. The Morgan fingerprint density at radius 2 is 1.48 bits per heavy atom. The summed E-state index contributed by atoms with van der Waals surface area (Å²) in [6, 6.07) is 19.7. The third-order valence-corrected chi connectivity index (χ3v) is 6.20.